The third kappa shape index (κ3) is 5.10. The number of urea groups is 1. The van der Waals surface area contributed by atoms with Gasteiger partial charge in [-0.1, -0.05) is 24.3 Å². The normalized spacial score (nSPS) is 20.5. The molecule has 0 radical (unpaired) electrons. The van der Waals surface area contributed by atoms with Crippen molar-refractivity contribution in [2.24, 2.45) is 5.92 Å². The minimum Gasteiger partial charge on any atom is -0.396 e. The highest BCUT2D eigenvalue weighted by Gasteiger charge is 2.19. The van der Waals surface area contributed by atoms with Gasteiger partial charge < -0.3 is 15.7 Å². The summed E-state index contributed by atoms with van der Waals surface area (Å²) in [6, 6.07) is 7.74. The number of nitrogens with one attached hydrogen (secondary N) is 2. The Hall–Kier alpha value is -1.46. The van der Waals surface area contributed by atoms with Crippen LogP contribution in [-0.2, 0) is 6.42 Å². The summed E-state index contributed by atoms with van der Waals surface area (Å²) in [5.74, 6) is 1.26. The molecule has 0 unspecified atom stereocenters. The number of benzene rings is 1. The van der Waals surface area contributed by atoms with Gasteiger partial charge in [-0.25, -0.2) is 4.79 Å². The maximum absolute atomic E-state index is 11.9. The van der Waals surface area contributed by atoms with E-state index in [9.17, 15) is 4.79 Å². The number of thioether (sulfide) groups is 1. The first-order valence-corrected chi connectivity index (χ1v) is 8.55. The highest BCUT2D eigenvalue weighted by molar-refractivity contribution is 7.98. The summed E-state index contributed by atoms with van der Waals surface area (Å²) in [7, 11) is 0. The molecule has 0 saturated carbocycles. The van der Waals surface area contributed by atoms with E-state index >= 15 is 0 Å². The van der Waals surface area contributed by atoms with E-state index in [1.165, 1.54) is 5.56 Å². The van der Waals surface area contributed by atoms with E-state index in [0.29, 0.717) is 0 Å². The van der Waals surface area contributed by atoms with E-state index < -0.39 is 0 Å². The molecule has 4 nitrogen and oxygen atoms in total. The van der Waals surface area contributed by atoms with Gasteiger partial charge >= 0.3 is 6.03 Å². The maximum Gasteiger partial charge on any atom is 0.319 e. The molecule has 2 amide bonds. The van der Waals surface area contributed by atoms with Gasteiger partial charge in [-0.2, -0.15) is 11.8 Å². The summed E-state index contributed by atoms with van der Waals surface area (Å²) < 4.78 is 0. The molecule has 0 bridgehead atoms. The number of hydrogen-bond donors (Lipinski definition) is 3. The van der Waals surface area contributed by atoms with Crippen LogP contribution in [0, 0.1) is 5.92 Å². The zero-order valence-corrected chi connectivity index (χ0v) is 13.0. The molecule has 0 spiro atoms. The first kappa shape index (κ1) is 15.9. The van der Waals surface area contributed by atoms with Crippen molar-refractivity contribution >= 4 is 23.5 Å². The minimum absolute atomic E-state index is 0.00278. The molecule has 2 atom stereocenters. The lowest BCUT2D eigenvalue weighted by molar-refractivity contribution is 0.238. The average molecular weight is 306 g/mol. The van der Waals surface area contributed by atoms with Gasteiger partial charge in [-0.3, -0.25) is 0 Å². The summed E-state index contributed by atoms with van der Waals surface area (Å²) >= 11 is 1.83. The van der Waals surface area contributed by atoms with E-state index in [0.717, 1.165) is 24.3 Å². The second-order valence-corrected chi connectivity index (χ2v) is 6.19. The van der Waals surface area contributed by atoms with Gasteiger partial charge in [0.05, 0.1) is 0 Å². The van der Waals surface area contributed by atoms with Gasteiger partial charge in [0.2, 0.25) is 0 Å². The Kier molecular flexibility index (Phi) is 6.14. The smallest absolute Gasteiger partial charge is 0.319 e. The molecule has 0 heterocycles. The van der Waals surface area contributed by atoms with Crippen LogP contribution in [0.2, 0.25) is 0 Å². The molecular weight excluding hydrogens is 284 g/mol. The predicted molar refractivity (Wildman–Crippen MR) is 88.8 cm³/mol. The van der Waals surface area contributed by atoms with Gasteiger partial charge in [0.1, 0.15) is 0 Å². The van der Waals surface area contributed by atoms with Crippen LogP contribution < -0.4 is 10.6 Å². The minimum atomic E-state index is -0.208. The Morgan fingerprint density at radius 3 is 2.71 bits per heavy atom. The number of aryl methyl sites for hydroxylation is 1. The fraction of sp³-hybridized carbons (Fsp3) is 0.438. The Balaban J connectivity index is 1.79. The summed E-state index contributed by atoms with van der Waals surface area (Å²) in [5.41, 5.74) is 2.07. The zero-order valence-electron chi connectivity index (χ0n) is 12.2. The van der Waals surface area contributed by atoms with Crippen LogP contribution in [-0.4, -0.2) is 35.8 Å². The number of aliphatic hydroxyl groups excluding tert-OH is 1. The molecule has 1 aliphatic rings. The van der Waals surface area contributed by atoms with Crippen LogP contribution in [0.1, 0.15) is 12.0 Å². The van der Waals surface area contributed by atoms with Crippen LogP contribution in [0.3, 0.4) is 0 Å². The highest BCUT2D eigenvalue weighted by atomic mass is 32.2. The molecular formula is C16H22N2O2S. The van der Waals surface area contributed by atoms with Crippen molar-refractivity contribution in [2.45, 2.75) is 18.9 Å². The number of rotatable bonds is 6. The molecule has 0 aromatic heterocycles. The second kappa shape index (κ2) is 8.10. The molecule has 114 valence electrons. The number of hydrogen-bond acceptors (Lipinski definition) is 3. The average Bonchev–Trinajstić information content (AvgIpc) is 2.94. The van der Waals surface area contributed by atoms with E-state index in [1.807, 2.05) is 48.2 Å². The third-order valence-electron chi connectivity index (χ3n) is 3.53. The first-order chi connectivity index (χ1) is 10.2. The molecule has 0 aliphatic heterocycles. The number of carbonyl (C=O) groups is 1. The van der Waals surface area contributed by atoms with Crippen LogP contribution in [0.4, 0.5) is 10.5 Å². The van der Waals surface area contributed by atoms with Crippen molar-refractivity contribution in [2.75, 3.05) is 23.9 Å². The van der Waals surface area contributed by atoms with E-state index in [-0.39, 0.29) is 24.6 Å². The van der Waals surface area contributed by atoms with Crippen molar-refractivity contribution in [3.05, 3.63) is 42.0 Å². The molecule has 21 heavy (non-hydrogen) atoms. The molecule has 1 aliphatic carbocycles. The van der Waals surface area contributed by atoms with Gasteiger partial charge in [-0.05, 0) is 42.5 Å². The van der Waals surface area contributed by atoms with Crippen molar-refractivity contribution in [3.8, 4) is 0 Å². The molecule has 3 N–H and O–H groups in total. The fourth-order valence-electron chi connectivity index (χ4n) is 2.33. The van der Waals surface area contributed by atoms with Crippen molar-refractivity contribution in [3.63, 3.8) is 0 Å². The lowest BCUT2D eigenvalue weighted by Gasteiger charge is -2.13. The standard InChI is InChI=1S/C16H22N2O2S/c1-21-9-8-12-2-5-14(6-3-12)17-16(20)18-15-7-4-13(10-15)11-19/h2-7,13,15,19H,8-11H2,1H3,(H2,17,18,20)/t13-,15+/m0/s1. The second-order valence-electron chi connectivity index (χ2n) is 5.21. The molecule has 5 heteroatoms. The summed E-state index contributed by atoms with van der Waals surface area (Å²) in [4.78, 5) is 11.9. The topological polar surface area (TPSA) is 61.4 Å². The summed E-state index contributed by atoms with van der Waals surface area (Å²) in [6.45, 7) is 0.133. The maximum atomic E-state index is 11.9. The van der Waals surface area contributed by atoms with Crippen LogP contribution in [0.25, 0.3) is 0 Å². The van der Waals surface area contributed by atoms with Gasteiger partial charge in [0.15, 0.2) is 0 Å². The van der Waals surface area contributed by atoms with Gasteiger partial charge in [0.25, 0.3) is 0 Å². The largest absolute Gasteiger partial charge is 0.396 e. The van der Waals surface area contributed by atoms with Crippen LogP contribution >= 0.6 is 11.8 Å². The Morgan fingerprint density at radius 2 is 2.10 bits per heavy atom. The van der Waals surface area contributed by atoms with Crippen LogP contribution in [0.5, 0.6) is 0 Å². The Bertz CT molecular complexity index is 488. The van der Waals surface area contributed by atoms with Crippen molar-refractivity contribution in [1.29, 1.82) is 0 Å². The number of amides is 2. The van der Waals surface area contributed by atoms with Crippen molar-refractivity contribution in [1.82, 2.24) is 5.32 Å². The molecule has 0 fully saturated rings. The highest BCUT2D eigenvalue weighted by Crippen LogP contribution is 2.17. The monoisotopic (exact) mass is 306 g/mol. The number of anilines is 1. The van der Waals surface area contributed by atoms with Crippen molar-refractivity contribution < 1.29 is 9.90 Å². The predicted octanol–water partition coefficient (Wildman–Crippen LogP) is 2.65. The Labute approximate surface area is 130 Å². The van der Waals surface area contributed by atoms with Gasteiger partial charge in [0, 0.05) is 24.3 Å². The van der Waals surface area contributed by atoms with E-state index in [1.54, 1.807) is 0 Å². The summed E-state index contributed by atoms with van der Waals surface area (Å²) in [6.07, 6.45) is 7.79. The van der Waals surface area contributed by atoms with Gasteiger partial charge in [-0.15, -0.1) is 0 Å². The SMILES string of the molecule is CSCCc1ccc(NC(=O)N[C@@H]2C=C[C@H](CO)C2)cc1. The molecule has 0 saturated heterocycles. The molecule has 1 aromatic carbocycles. The molecule has 1 aromatic rings. The Morgan fingerprint density at radius 1 is 1.33 bits per heavy atom. The fourth-order valence-corrected chi connectivity index (χ4v) is 2.77. The lowest BCUT2D eigenvalue weighted by Crippen LogP contribution is -2.36. The molecule has 2 rings (SSSR count). The number of carbonyl (C=O) groups excluding carboxylic acids is 1. The third-order valence-corrected chi connectivity index (χ3v) is 4.14. The lowest BCUT2D eigenvalue weighted by atomic mass is 10.1. The quantitative estimate of drug-likeness (QED) is 0.708. The number of aliphatic hydroxyl groups is 1. The van der Waals surface area contributed by atoms with E-state index in [4.69, 9.17) is 5.11 Å². The summed E-state index contributed by atoms with van der Waals surface area (Å²) in [5, 5.41) is 14.8. The van der Waals surface area contributed by atoms with E-state index in [2.05, 4.69) is 16.9 Å². The first-order valence-electron chi connectivity index (χ1n) is 7.16. The van der Waals surface area contributed by atoms with Crippen LogP contribution in [0.15, 0.2) is 36.4 Å². The zero-order chi connectivity index (χ0) is 15.1.